The standard InChI is InChI=1S/C12H18F3NO4/c1-11(2,3)20-10(19)16-7(9(17)18)5-4-6-8(16)12(13,14)15/h7-8H,4-6H2,1-3H3,(H,17,18). The lowest BCUT2D eigenvalue weighted by molar-refractivity contribution is -0.197. The highest BCUT2D eigenvalue weighted by Crippen LogP contribution is 2.35. The Bertz CT molecular complexity index is 389. The molecular weight excluding hydrogens is 279 g/mol. The summed E-state index contributed by atoms with van der Waals surface area (Å²) < 4.78 is 43.8. The van der Waals surface area contributed by atoms with Crippen molar-refractivity contribution in [2.45, 2.75) is 63.9 Å². The number of nitrogens with zero attached hydrogens (tertiary/aromatic N) is 1. The third kappa shape index (κ3) is 4.01. The summed E-state index contributed by atoms with van der Waals surface area (Å²) in [6, 6.07) is -3.63. The van der Waals surface area contributed by atoms with Gasteiger partial charge in [0, 0.05) is 0 Å². The minimum absolute atomic E-state index is 0.0127. The maximum atomic E-state index is 13.0. The van der Waals surface area contributed by atoms with Crippen LogP contribution in [0.25, 0.3) is 0 Å². The summed E-state index contributed by atoms with van der Waals surface area (Å²) in [5.41, 5.74) is -0.992. The van der Waals surface area contributed by atoms with E-state index in [2.05, 4.69) is 0 Å². The summed E-state index contributed by atoms with van der Waals surface area (Å²) in [4.78, 5) is 23.3. The maximum Gasteiger partial charge on any atom is 0.411 e. The molecule has 2 unspecified atom stereocenters. The van der Waals surface area contributed by atoms with Gasteiger partial charge in [-0.15, -0.1) is 0 Å². The van der Waals surface area contributed by atoms with Crippen LogP contribution in [-0.4, -0.2) is 45.9 Å². The van der Waals surface area contributed by atoms with Crippen LogP contribution in [0.3, 0.4) is 0 Å². The predicted octanol–water partition coefficient (Wildman–Crippen LogP) is 2.79. The van der Waals surface area contributed by atoms with Crippen molar-refractivity contribution < 1.29 is 32.6 Å². The first-order chi connectivity index (χ1) is 8.93. The molecule has 8 heteroatoms. The van der Waals surface area contributed by atoms with E-state index in [4.69, 9.17) is 9.84 Å². The Kier molecular flexibility index (Phi) is 4.55. The third-order valence-electron chi connectivity index (χ3n) is 2.89. The van der Waals surface area contributed by atoms with E-state index < -0.39 is 35.9 Å². The summed E-state index contributed by atoms with van der Waals surface area (Å²) in [6.45, 7) is 4.52. The molecule has 1 rings (SSSR count). The quantitative estimate of drug-likeness (QED) is 0.808. The lowest BCUT2D eigenvalue weighted by Gasteiger charge is -2.41. The minimum Gasteiger partial charge on any atom is -0.480 e. The molecule has 0 radical (unpaired) electrons. The number of likely N-dealkylation sites (tertiary alicyclic amines) is 1. The van der Waals surface area contributed by atoms with Gasteiger partial charge in [-0.1, -0.05) is 0 Å². The first-order valence-corrected chi connectivity index (χ1v) is 6.24. The summed E-state index contributed by atoms with van der Waals surface area (Å²) >= 11 is 0. The molecule has 116 valence electrons. The number of carbonyl (C=O) groups excluding carboxylic acids is 1. The van der Waals surface area contributed by atoms with Crippen LogP contribution < -0.4 is 0 Å². The zero-order valence-electron chi connectivity index (χ0n) is 11.5. The number of amides is 1. The van der Waals surface area contributed by atoms with Gasteiger partial charge in [0.1, 0.15) is 17.7 Å². The van der Waals surface area contributed by atoms with Crippen LogP contribution in [0, 0.1) is 0 Å². The largest absolute Gasteiger partial charge is 0.480 e. The molecule has 1 amide bonds. The number of carbonyl (C=O) groups is 2. The van der Waals surface area contributed by atoms with Crippen molar-refractivity contribution in [3.63, 3.8) is 0 Å². The average Bonchev–Trinajstić information content (AvgIpc) is 2.24. The Balaban J connectivity index is 3.07. The third-order valence-corrected chi connectivity index (χ3v) is 2.89. The molecular formula is C12H18F3NO4. The topological polar surface area (TPSA) is 66.8 Å². The predicted molar refractivity (Wildman–Crippen MR) is 63.2 cm³/mol. The van der Waals surface area contributed by atoms with Crippen molar-refractivity contribution in [3.05, 3.63) is 0 Å². The van der Waals surface area contributed by atoms with E-state index in [0.717, 1.165) is 0 Å². The molecule has 1 heterocycles. The van der Waals surface area contributed by atoms with Gasteiger partial charge in [-0.3, -0.25) is 4.90 Å². The van der Waals surface area contributed by atoms with Crippen molar-refractivity contribution in [2.75, 3.05) is 0 Å². The molecule has 0 aromatic rings. The molecule has 20 heavy (non-hydrogen) atoms. The van der Waals surface area contributed by atoms with Crippen LogP contribution >= 0.6 is 0 Å². The lowest BCUT2D eigenvalue weighted by atomic mass is 9.95. The zero-order valence-corrected chi connectivity index (χ0v) is 11.5. The van der Waals surface area contributed by atoms with E-state index in [9.17, 15) is 22.8 Å². The van der Waals surface area contributed by atoms with E-state index in [1.165, 1.54) is 20.8 Å². The SMILES string of the molecule is CC(C)(C)OC(=O)N1C(C(=O)O)CCCC1C(F)(F)F. The number of hydrogen-bond acceptors (Lipinski definition) is 3. The molecule has 1 aliphatic rings. The van der Waals surface area contributed by atoms with Gasteiger partial charge < -0.3 is 9.84 Å². The molecule has 1 aliphatic heterocycles. The molecule has 0 aromatic carbocycles. The van der Waals surface area contributed by atoms with Crippen LogP contribution in [0.2, 0.25) is 0 Å². The van der Waals surface area contributed by atoms with Crippen molar-refractivity contribution in [1.29, 1.82) is 0 Å². The van der Waals surface area contributed by atoms with Gasteiger partial charge in [-0.05, 0) is 40.0 Å². The lowest BCUT2D eigenvalue weighted by Crippen LogP contribution is -2.59. The van der Waals surface area contributed by atoms with E-state index in [0.29, 0.717) is 4.90 Å². The highest BCUT2D eigenvalue weighted by Gasteiger charge is 2.52. The van der Waals surface area contributed by atoms with Gasteiger partial charge in [0.05, 0.1) is 0 Å². The van der Waals surface area contributed by atoms with Crippen LogP contribution in [0.1, 0.15) is 40.0 Å². The van der Waals surface area contributed by atoms with Crippen LogP contribution in [-0.2, 0) is 9.53 Å². The summed E-state index contributed by atoms with van der Waals surface area (Å²) in [5, 5.41) is 9.02. The Morgan fingerprint density at radius 1 is 1.20 bits per heavy atom. The second-order valence-electron chi connectivity index (χ2n) is 5.73. The highest BCUT2D eigenvalue weighted by atomic mass is 19.4. The van der Waals surface area contributed by atoms with E-state index in [-0.39, 0.29) is 19.3 Å². The number of piperidine rings is 1. The molecule has 0 aliphatic carbocycles. The molecule has 0 bridgehead atoms. The second kappa shape index (κ2) is 5.49. The smallest absolute Gasteiger partial charge is 0.411 e. The summed E-state index contributed by atoms with van der Waals surface area (Å²) in [5.74, 6) is -1.45. The maximum absolute atomic E-state index is 13.0. The number of carboxylic acids is 1. The van der Waals surface area contributed by atoms with Gasteiger partial charge in [0.25, 0.3) is 0 Å². The number of halogens is 3. The fraction of sp³-hybridized carbons (Fsp3) is 0.833. The second-order valence-corrected chi connectivity index (χ2v) is 5.73. The zero-order chi connectivity index (χ0) is 15.7. The number of carboxylic acid groups (broad SMARTS) is 1. The molecule has 5 nitrogen and oxygen atoms in total. The van der Waals surface area contributed by atoms with Gasteiger partial charge in [-0.2, -0.15) is 13.2 Å². The van der Waals surface area contributed by atoms with Gasteiger partial charge in [-0.25, -0.2) is 9.59 Å². The van der Waals surface area contributed by atoms with Crippen molar-refractivity contribution >= 4 is 12.1 Å². The molecule has 0 spiro atoms. The number of aliphatic carboxylic acids is 1. The van der Waals surface area contributed by atoms with E-state index in [1.807, 2.05) is 0 Å². The molecule has 1 N–H and O–H groups in total. The van der Waals surface area contributed by atoms with Crippen LogP contribution in [0.5, 0.6) is 0 Å². The number of hydrogen-bond donors (Lipinski definition) is 1. The molecule has 0 aromatic heterocycles. The number of alkyl halides is 3. The van der Waals surface area contributed by atoms with E-state index >= 15 is 0 Å². The summed E-state index contributed by atoms with van der Waals surface area (Å²) in [6.07, 6.45) is -6.15. The Hall–Kier alpha value is -1.47. The van der Waals surface area contributed by atoms with Crippen LogP contribution in [0.15, 0.2) is 0 Å². The monoisotopic (exact) mass is 297 g/mol. The first-order valence-electron chi connectivity index (χ1n) is 6.24. The van der Waals surface area contributed by atoms with Gasteiger partial charge in [0.15, 0.2) is 0 Å². The normalized spacial score (nSPS) is 24.4. The number of ether oxygens (including phenoxy) is 1. The Morgan fingerprint density at radius 3 is 2.15 bits per heavy atom. The Morgan fingerprint density at radius 2 is 1.75 bits per heavy atom. The van der Waals surface area contributed by atoms with Gasteiger partial charge >= 0.3 is 18.2 Å². The van der Waals surface area contributed by atoms with Crippen molar-refractivity contribution in [3.8, 4) is 0 Å². The van der Waals surface area contributed by atoms with Gasteiger partial charge in [0.2, 0.25) is 0 Å². The van der Waals surface area contributed by atoms with Crippen LogP contribution in [0.4, 0.5) is 18.0 Å². The molecule has 0 saturated carbocycles. The van der Waals surface area contributed by atoms with E-state index in [1.54, 1.807) is 0 Å². The Labute approximate surface area is 114 Å². The molecule has 1 saturated heterocycles. The van der Waals surface area contributed by atoms with Crippen molar-refractivity contribution in [1.82, 2.24) is 4.90 Å². The summed E-state index contributed by atoms with van der Waals surface area (Å²) in [7, 11) is 0. The fourth-order valence-electron chi connectivity index (χ4n) is 2.13. The first kappa shape index (κ1) is 16.6. The highest BCUT2D eigenvalue weighted by molar-refractivity contribution is 5.80. The molecule has 1 fully saturated rings. The molecule has 2 atom stereocenters. The van der Waals surface area contributed by atoms with Crippen molar-refractivity contribution in [2.24, 2.45) is 0 Å². The average molecular weight is 297 g/mol. The minimum atomic E-state index is -4.68. The fourth-order valence-corrected chi connectivity index (χ4v) is 2.13. The number of rotatable bonds is 1.